The summed E-state index contributed by atoms with van der Waals surface area (Å²) in [6, 6.07) is 0. The highest BCUT2D eigenvalue weighted by Gasteiger charge is 2.33. The van der Waals surface area contributed by atoms with E-state index in [0.717, 1.165) is 64.8 Å². The molecule has 2 aliphatic heterocycles. The number of hydrogen-bond acceptors (Lipinski definition) is 9. The molecule has 2 aliphatic rings. The number of ether oxygens (including phenoxy) is 2. The standard InChI is InChI=1S/C21H27N5O3S/c1-21(2)10-13-14(11-29-21)19(26-5-8-28-9-6-26)25-20-15(13)16-17(30-20)18(24-12-23-16)22-4-3-7-27/h12,27H,3-11H2,1-2H3,(H,22,23,24). The minimum atomic E-state index is -0.229. The average molecular weight is 430 g/mol. The third-order valence-corrected chi connectivity index (χ3v) is 6.82. The van der Waals surface area contributed by atoms with E-state index < -0.39 is 0 Å². The summed E-state index contributed by atoms with van der Waals surface area (Å²) >= 11 is 1.64. The summed E-state index contributed by atoms with van der Waals surface area (Å²) in [7, 11) is 0. The molecule has 3 aromatic rings. The van der Waals surface area contributed by atoms with Gasteiger partial charge in [0.2, 0.25) is 0 Å². The van der Waals surface area contributed by atoms with Crippen molar-refractivity contribution >= 4 is 43.4 Å². The fourth-order valence-electron chi connectivity index (χ4n) is 4.24. The summed E-state index contributed by atoms with van der Waals surface area (Å²) in [6.45, 7) is 8.78. The van der Waals surface area contributed by atoms with E-state index in [1.54, 1.807) is 17.7 Å². The third kappa shape index (κ3) is 3.49. The molecule has 0 atom stereocenters. The maximum Gasteiger partial charge on any atom is 0.147 e. The second-order valence-electron chi connectivity index (χ2n) is 8.40. The minimum absolute atomic E-state index is 0.153. The third-order valence-electron chi connectivity index (χ3n) is 5.74. The number of nitrogens with one attached hydrogen (secondary N) is 1. The molecule has 0 aliphatic carbocycles. The maximum atomic E-state index is 9.10. The molecule has 30 heavy (non-hydrogen) atoms. The van der Waals surface area contributed by atoms with Crippen molar-refractivity contribution in [3.8, 4) is 0 Å². The van der Waals surface area contributed by atoms with Crippen LogP contribution in [-0.2, 0) is 22.5 Å². The molecule has 0 aromatic carbocycles. The smallest absolute Gasteiger partial charge is 0.147 e. The maximum absolute atomic E-state index is 9.10. The van der Waals surface area contributed by atoms with Crippen LogP contribution in [0, 0.1) is 0 Å². The first-order valence-electron chi connectivity index (χ1n) is 10.5. The van der Waals surface area contributed by atoms with Gasteiger partial charge in [-0.3, -0.25) is 0 Å². The second kappa shape index (κ2) is 7.88. The van der Waals surface area contributed by atoms with E-state index in [1.807, 2.05) is 0 Å². The molecule has 0 saturated carbocycles. The van der Waals surface area contributed by atoms with Gasteiger partial charge in [-0.1, -0.05) is 0 Å². The minimum Gasteiger partial charge on any atom is -0.396 e. The van der Waals surface area contributed by atoms with Gasteiger partial charge in [0.05, 0.1) is 35.6 Å². The first-order valence-corrected chi connectivity index (χ1v) is 11.3. The van der Waals surface area contributed by atoms with Crippen LogP contribution in [0.2, 0.25) is 0 Å². The number of pyridine rings is 1. The van der Waals surface area contributed by atoms with E-state index in [-0.39, 0.29) is 12.2 Å². The molecule has 0 bridgehead atoms. The van der Waals surface area contributed by atoms with Crippen molar-refractivity contribution in [2.75, 3.05) is 49.7 Å². The Labute approximate surface area is 179 Å². The number of hydrogen-bond donors (Lipinski definition) is 2. The summed E-state index contributed by atoms with van der Waals surface area (Å²) in [5.41, 5.74) is 3.19. The molecule has 0 unspecified atom stereocenters. The number of rotatable bonds is 5. The Balaban J connectivity index is 1.70. The van der Waals surface area contributed by atoms with Gasteiger partial charge in [0, 0.05) is 43.6 Å². The van der Waals surface area contributed by atoms with Gasteiger partial charge in [-0.25, -0.2) is 15.0 Å². The highest BCUT2D eigenvalue weighted by atomic mass is 32.1. The fraction of sp³-hybridized carbons (Fsp3) is 0.571. The van der Waals surface area contributed by atoms with Crippen LogP contribution >= 0.6 is 11.3 Å². The molecule has 8 nitrogen and oxygen atoms in total. The Morgan fingerprint density at radius 3 is 2.87 bits per heavy atom. The normalized spacial score (nSPS) is 18.7. The monoisotopic (exact) mass is 429 g/mol. The number of thiophene rings is 1. The molecule has 0 radical (unpaired) electrons. The first kappa shape index (κ1) is 19.9. The van der Waals surface area contributed by atoms with Gasteiger partial charge >= 0.3 is 0 Å². The van der Waals surface area contributed by atoms with Gasteiger partial charge in [-0.05, 0) is 25.8 Å². The summed E-state index contributed by atoms with van der Waals surface area (Å²) in [4.78, 5) is 17.5. The van der Waals surface area contributed by atoms with E-state index in [0.29, 0.717) is 19.6 Å². The molecule has 9 heteroatoms. The molecular weight excluding hydrogens is 402 g/mol. The van der Waals surface area contributed by atoms with Crippen LogP contribution in [0.15, 0.2) is 6.33 Å². The Morgan fingerprint density at radius 2 is 2.07 bits per heavy atom. The highest BCUT2D eigenvalue weighted by Crippen LogP contribution is 2.44. The molecule has 3 aromatic heterocycles. The first-order chi connectivity index (χ1) is 14.6. The number of morpholine rings is 1. The summed E-state index contributed by atoms with van der Waals surface area (Å²) < 4.78 is 12.8. The van der Waals surface area contributed by atoms with Crippen LogP contribution in [0.25, 0.3) is 20.4 Å². The second-order valence-corrected chi connectivity index (χ2v) is 9.40. The molecule has 0 spiro atoms. The number of fused-ring (bicyclic) bond motifs is 5. The average Bonchev–Trinajstić information content (AvgIpc) is 3.13. The van der Waals surface area contributed by atoms with E-state index in [4.69, 9.17) is 19.6 Å². The van der Waals surface area contributed by atoms with Crippen LogP contribution in [0.5, 0.6) is 0 Å². The van der Waals surface area contributed by atoms with Crippen molar-refractivity contribution in [3.05, 3.63) is 17.5 Å². The summed E-state index contributed by atoms with van der Waals surface area (Å²) in [5.74, 6) is 1.83. The number of aliphatic hydroxyl groups excluding tert-OH is 1. The zero-order valence-corrected chi connectivity index (χ0v) is 18.2. The van der Waals surface area contributed by atoms with E-state index in [2.05, 4.69) is 34.0 Å². The van der Waals surface area contributed by atoms with E-state index in [9.17, 15) is 0 Å². The lowest BCUT2D eigenvalue weighted by Gasteiger charge is -2.36. The SMILES string of the molecule is CC1(C)Cc2c(c(N3CCOCC3)nc3sc4c(NCCCO)ncnc4c23)CO1. The Morgan fingerprint density at radius 1 is 1.23 bits per heavy atom. The zero-order valence-electron chi connectivity index (χ0n) is 17.4. The van der Waals surface area contributed by atoms with Crippen molar-refractivity contribution in [1.82, 2.24) is 15.0 Å². The van der Waals surface area contributed by atoms with Crippen LogP contribution in [-0.4, -0.2) is 65.1 Å². The van der Waals surface area contributed by atoms with Gasteiger partial charge in [0.15, 0.2) is 0 Å². The molecular formula is C21H27N5O3S. The van der Waals surface area contributed by atoms with Gasteiger partial charge in [0.1, 0.15) is 22.8 Å². The van der Waals surface area contributed by atoms with Gasteiger partial charge in [-0.15, -0.1) is 11.3 Å². The van der Waals surface area contributed by atoms with E-state index in [1.165, 1.54) is 11.1 Å². The summed E-state index contributed by atoms with van der Waals surface area (Å²) in [5, 5.41) is 13.6. The lowest BCUT2D eigenvalue weighted by Crippen LogP contribution is -2.39. The predicted octanol–water partition coefficient (Wildman–Crippen LogP) is 2.72. The summed E-state index contributed by atoms with van der Waals surface area (Å²) in [6.07, 6.45) is 3.11. The zero-order chi connectivity index (χ0) is 20.7. The number of anilines is 2. The topological polar surface area (TPSA) is 92.6 Å². The van der Waals surface area contributed by atoms with Crippen molar-refractivity contribution in [3.63, 3.8) is 0 Å². The number of nitrogens with zero attached hydrogens (tertiary/aromatic N) is 4. The Hall–Kier alpha value is -2.07. The van der Waals surface area contributed by atoms with Gasteiger partial charge < -0.3 is 24.8 Å². The predicted molar refractivity (Wildman–Crippen MR) is 119 cm³/mol. The van der Waals surface area contributed by atoms with Crippen LogP contribution in [0.3, 0.4) is 0 Å². The van der Waals surface area contributed by atoms with Crippen molar-refractivity contribution in [1.29, 1.82) is 0 Å². The van der Waals surface area contributed by atoms with Crippen LogP contribution in [0.4, 0.5) is 11.6 Å². The molecule has 2 N–H and O–H groups in total. The van der Waals surface area contributed by atoms with Crippen molar-refractivity contribution in [2.24, 2.45) is 0 Å². The molecule has 160 valence electrons. The number of aromatic nitrogens is 3. The molecule has 1 saturated heterocycles. The molecule has 1 fully saturated rings. The molecule has 5 heterocycles. The largest absolute Gasteiger partial charge is 0.396 e. The molecule has 5 rings (SSSR count). The van der Waals surface area contributed by atoms with Gasteiger partial charge in [0.25, 0.3) is 0 Å². The van der Waals surface area contributed by atoms with Crippen molar-refractivity contribution in [2.45, 2.75) is 38.9 Å². The Bertz CT molecular complexity index is 1080. The van der Waals surface area contributed by atoms with Gasteiger partial charge in [-0.2, -0.15) is 0 Å². The lowest BCUT2D eigenvalue weighted by molar-refractivity contribution is -0.0396. The fourth-order valence-corrected chi connectivity index (χ4v) is 5.36. The van der Waals surface area contributed by atoms with Crippen molar-refractivity contribution < 1.29 is 14.6 Å². The highest BCUT2D eigenvalue weighted by molar-refractivity contribution is 7.26. The van der Waals surface area contributed by atoms with E-state index >= 15 is 0 Å². The Kier molecular flexibility index (Phi) is 5.22. The quantitative estimate of drug-likeness (QED) is 0.598. The van der Waals surface area contributed by atoms with Crippen LogP contribution in [0.1, 0.15) is 31.4 Å². The number of aliphatic hydroxyl groups is 1. The molecule has 0 amide bonds. The lowest BCUT2D eigenvalue weighted by atomic mass is 9.90. The van der Waals surface area contributed by atoms with Crippen LogP contribution < -0.4 is 10.2 Å².